The summed E-state index contributed by atoms with van der Waals surface area (Å²) in [5, 5.41) is 11.0. The third-order valence-corrected chi connectivity index (χ3v) is 7.37. The van der Waals surface area contributed by atoms with E-state index in [1.54, 1.807) is 4.90 Å². The number of non-ortho nitro benzene ring substituents is 1. The van der Waals surface area contributed by atoms with Crippen molar-refractivity contribution in [2.24, 2.45) is 5.92 Å². The third-order valence-electron chi connectivity index (χ3n) is 5.47. The normalized spacial score (nSPS) is 22.6. The molecule has 2 fully saturated rings. The molecule has 1 aromatic rings. The fourth-order valence-corrected chi connectivity index (χ4v) is 5.46. The van der Waals surface area contributed by atoms with Gasteiger partial charge in [-0.1, -0.05) is 19.4 Å². The second-order valence-electron chi connectivity index (χ2n) is 7.39. The minimum Gasteiger partial charge on any atom is -0.341 e. The van der Waals surface area contributed by atoms with Crippen LogP contribution < -0.4 is 0 Å². The lowest BCUT2D eigenvalue weighted by atomic mass is 9.97. The Morgan fingerprint density at radius 2 is 1.85 bits per heavy atom. The Labute approximate surface area is 159 Å². The molecule has 2 heterocycles. The maximum atomic E-state index is 13.1. The van der Waals surface area contributed by atoms with Gasteiger partial charge in [-0.15, -0.1) is 0 Å². The minimum atomic E-state index is -3.98. The van der Waals surface area contributed by atoms with Gasteiger partial charge in [0.15, 0.2) is 0 Å². The van der Waals surface area contributed by atoms with Crippen LogP contribution in [0.5, 0.6) is 0 Å². The Hall–Kier alpha value is -2.00. The van der Waals surface area contributed by atoms with Crippen molar-refractivity contribution >= 4 is 21.6 Å². The van der Waals surface area contributed by atoms with Crippen molar-refractivity contribution in [2.45, 2.75) is 50.0 Å². The molecule has 2 aliphatic heterocycles. The molecule has 2 saturated heterocycles. The van der Waals surface area contributed by atoms with Crippen LogP contribution in [0, 0.1) is 16.0 Å². The number of rotatable bonds is 4. The summed E-state index contributed by atoms with van der Waals surface area (Å²) in [6.07, 6.45) is 3.81. The number of amides is 1. The molecule has 0 aliphatic carbocycles. The summed E-state index contributed by atoms with van der Waals surface area (Å²) in [4.78, 5) is 25.0. The quantitative estimate of drug-likeness (QED) is 0.575. The van der Waals surface area contributed by atoms with E-state index in [-0.39, 0.29) is 23.0 Å². The monoisotopic (exact) mass is 395 g/mol. The molecule has 148 valence electrons. The first kappa shape index (κ1) is 19.8. The van der Waals surface area contributed by atoms with Gasteiger partial charge in [0.25, 0.3) is 5.69 Å². The Morgan fingerprint density at radius 1 is 1.15 bits per heavy atom. The fraction of sp³-hybridized carbons (Fsp3) is 0.611. The highest BCUT2D eigenvalue weighted by atomic mass is 32.2. The van der Waals surface area contributed by atoms with E-state index >= 15 is 0 Å². The van der Waals surface area contributed by atoms with Crippen molar-refractivity contribution in [2.75, 3.05) is 19.6 Å². The third kappa shape index (κ3) is 4.14. The molecule has 0 bridgehead atoms. The molecule has 2 aliphatic rings. The zero-order valence-electron chi connectivity index (χ0n) is 15.4. The summed E-state index contributed by atoms with van der Waals surface area (Å²) in [6, 6.07) is 4.30. The van der Waals surface area contributed by atoms with Gasteiger partial charge in [-0.3, -0.25) is 14.9 Å². The number of hydrogen-bond acceptors (Lipinski definition) is 5. The van der Waals surface area contributed by atoms with E-state index in [4.69, 9.17) is 0 Å². The van der Waals surface area contributed by atoms with Crippen LogP contribution in [0.1, 0.15) is 39.0 Å². The van der Waals surface area contributed by atoms with Crippen LogP contribution in [0.2, 0.25) is 0 Å². The zero-order valence-corrected chi connectivity index (χ0v) is 16.2. The summed E-state index contributed by atoms with van der Waals surface area (Å²) in [7, 11) is -3.98. The molecule has 0 N–H and O–H groups in total. The number of nitro groups is 1. The van der Waals surface area contributed by atoms with Crippen LogP contribution in [0.15, 0.2) is 29.2 Å². The van der Waals surface area contributed by atoms with Gasteiger partial charge in [-0.2, -0.15) is 4.31 Å². The van der Waals surface area contributed by atoms with E-state index in [1.165, 1.54) is 22.5 Å². The number of piperidine rings is 2. The standard InChI is InChI=1S/C18H25N3O5S/c1-14-8-11-19(12-9-14)18(22)17-7-2-3-10-20(17)27(25,26)16-6-4-5-15(13-16)21(23)24/h4-6,13-14,17H,2-3,7-12H2,1H3/t17-/m0/s1. The van der Waals surface area contributed by atoms with Crippen molar-refractivity contribution in [1.29, 1.82) is 0 Å². The van der Waals surface area contributed by atoms with Crippen LogP contribution in [0.25, 0.3) is 0 Å². The molecule has 3 rings (SSSR count). The van der Waals surface area contributed by atoms with Gasteiger partial charge >= 0.3 is 0 Å². The Morgan fingerprint density at radius 3 is 2.52 bits per heavy atom. The Bertz CT molecular complexity index is 818. The van der Waals surface area contributed by atoms with Crippen LogP contribution in [-0.2, 0) is 14.8 Å². The van der Waals surface area contributed by atoms with Crippen molar-refractivity contribution in [3.05, 3.63) is 34.4 Å². The number of hydrogen-bond donors (Lipinski definition) is 0. The Balaban J connectivity index is 1.87. The van der Waals surface area contributed by atoms with Gasteiger partial charge in [0.1, 0.15) is 6.04 Å². The highest BCUT2D eigenvalue weighted by Crippen LogP contribution is 2.29. The number of benzene rings is 1. The highest BCUT2D eigenvalue weighted by Gasteiger charge is 2.40. The second-order valence-corrected chi connectivity index (χ2v) is 9.28. The van der Waals surface area contributed by atoms with Gasteiger partial charge in [-0.05, 0) is 37.7 Å². The number of nitrogens with zero attached hydrogens (tertiary/aromatic N) is 3. The summed E-state index contributed by atoms with van der Waals surface area (Å²) in [5.41, 5.74) is -0.277. The van der Waals surface area contributed by atoms with Crippen LogP contribution >= 0.6 is 0 Å². The van der Waals surface area contributed by atoms with Crippen LogP contribution in [0.4, 0.5) is 5.69 Å². The van der Waals surface area contributed by atoms with Crippen LogP contribution in [0.3, 0.4) is 0 Å². The van der Waals surface area contributed by atoms with E-state index in [2.05, 4.69) is 6.92 Å². The first-order valence-electron chi connectivity index (χ1n) is 9.36. The Kier molecular flexibility index (Phi) is 5.81. The van der Waals surface area contributed by atoms with Crippen LogP contribution in [-0.4, -0.2) is 54.1 Å². The summed E-state index contributed by atoms with van der Waals surface area (Å²) in [5.74, 6) is 0.431. The maximum Gasteiger partial charge on any atom is 0.270 e. The highest BCUT2D eigenvalue weighted by molar-refractivity contribution is 7.89. The minimum absolute atomic E-state index is 0.135. The van der Waals surface area contributed by atoms with E-state index in [9.17, 15) is 23.3 Å². The molecule has 1 amide bonds. The molecule has 0 aromatic heterocycles. The first-order chi connectivity index (χ1) is 12.8. The number of carbonyl (C=O) groups excluding carboxylic acids is 1. The van der Waals surface area contributed by atoms with E-state index in [0.717, 1.165) is 25.3 Å². The fourth-order valence-electron chi connectivity index (χ4n) is 3.77. The SMILES string of the molecule is CC1CCN(C(=O)[C@@H]2CCCCN2S(=O)(=O)c2cccc([N+](=O)[O-])c2)CC1. The van der Waals surface area contributed by atoms with E-state index in [1.807, 2.05) is 0 Å². The molecule has 8 nitrogen and oxygen atoms in total. The summed E-state index contributed by atoms with van der Waals surface area (Å²) < 4.78 is 27.5. The zero-order chi connectivity index (χ0) is 19.6. The predicted octanol–water partition coefficient (Wildman–Crippen LogP) is 2.40. The van der Waals surface area contributed by atoms with Gasteiger partial charge in [-0.25, -0.2) is 8.42 Å². The number of sulfonamides is 1. The molecule has 27 heavy (non-hydrogen) atoms. The lowest BCUT2D eigenvalue weighted by Gasteiger charge is -2.38. The average Bonchev–Trinajstić information content (AvgIpc) is 2.68. The maximum absolute atomic E-state index is 13.1. The van der Waals surface area contributed by atoms with Gasteiger partial charge in [0.2, 0.25) is 15.9 Å². The molecule has 1 atom stereocenters. The number of likely N-dealkylation sites (tertiary alicyclic amines) is 1. The molecule has 0 radical (unpaired) electrons. The smallest absolute Gasteiger partial charge is 0.270 e. The molecule has 0 saturated carbocycles. The molecular weight excluding hydrogens is 370 g/mol. The van der Waals surface area contributed by atoms with Crippen molar-refractivity contribution in [1.82, 2.24) is 9.21 Å². The van der Waals surface area contributed by atoms with Gasteiger partial charge in [0.05, 0.1) is 9.82 Å². The summed E-state index contributed by atoms with van der Waals surface area (Å²) in [6.45, 7) is 3.72. The summed E-state index contributed by atoms with van der Waals surface area (Å²) >= 11 is 0. The topological polar surface area (TPSA) is 101 Å². The van der Waals surface area contributed by atoms with Gasteiger partial charge in [0, 0.05) is 31.8 Å². The number of carbonyl (C=O) groups is 1. The molecule has 0 unspecified atom stereocenters. The van der Waals surface area contributed by atoms with Gasteiger partial charge < -0.3 is 4.90 Å². The van der Waals surface area contributed by atoms with Crippen molar-refractivity contribution in [3.63, 3.8) is 0 Å². The molecule has 0 spiro atoms. The molecule has 1 aromatic carbocycles. The van der Waals surface area contributed by atoms with E-state index < -0.39 is 21.0 Å². The lowest BCUT2D eigenvalue weighted by Crippen LogP contribution is -2.54. The number of nitro benzene ring substituents is 1. The predicted molar refractivity (Wildman–Crippen MR) is 99.6 cm³/mol. The first-order valence-corrected chi connectivity index (χ1v) is 10.8. The second kappa shape index (κ2) is 7.93. The molecular formula is C18H25N3O5S. The molecule has 9 heteroatoms. The van der Waals surface area contributed by atoms with Crippen molar-refractivity contribution in [3.8, 4) is 0 Å². The van der Waals surface area contributed by atoms with Crippen molar-refractivity contribution < 1.29 is 18.1 Å². The largest absolute Gasteiger partial charge is 0.341 e. The lowest BCUT2D eigenvalue weighted by molar-refractivity contribution is -0.385. The van der Waals surface area contributed by atoms with E-state index in [0.29, 0.717) is 31.8 Å². The average molecular weight is 395 g/mol.